The summed E-state index contributed by atoms with van der Waals surface area (Å²) in [5.74, 6) is -2.09. The van der Waals surface area contributed by atoms with E-state index in [9.17, 15) is 19.5 Å². The van der Waals surface area contributed by atoms with E-state index < -0.39 is 24.0 Å². The lowest BCUT2D eigenvalue weighted by atomic mass is 10.1. The molecule has 0 bridgehead atoms. The van der Waals surface area contributed by atoms with Gasteiger partial charge in [-0.05, 0) is 6.07 Å². The predicted octanol–water partition coefficient (Wildman–Crippen LogP) is -1.37. The van der Waals surface area contributed by atoms with E-state index >= 15 is 0 Å². The van der Waals surface area contributed by atoms with Gasteiger partial charge in [0.15, 0.2) is 0 Å². The van der Waals surface area contributed by atoms with Crippen LogP contribution in [0.15, 0.2) is 24.3 Å². The number of likely N-dealkylation sites (N-methyl/N-ethyl adjacent to an activating group) is 1. The van der Waals surface area contributed by atoms with Gasteiger partial charge in [0.2, 0.25) is 0 Å². The van der Waals surface area contributed by atoms with Crippen LogP contribution >= 0.6 is 0 Å². The van der Waals surface area contributed by atoms with Gasteiger partial charge in [-0.1, -0.05) is 18.2 Å². The van der Waals surface area contributed by atoms with Crippen molar-refractivity contribution in [3.8, 4) is 0 Å². The van der Waals surface area contributed by atoms with Crippen molar-refractivity contribution in [3.05, 3.63) is 29.8 Å². The fourth-order valence-electron chi connectivity index (χ4n) is 3.26. The van der Waals surface area contributed by atoms with Gasteiger partial charge in [0.1, 0.15) is 6.04 Å². The third-order valence-electron chi connectivity index (χ3n) is 4.74. The van der Waals surface area contributed by atoms with E-state index in [0.717, 1.165) is 13.1 Å². The third kappa shape index (κ3) is 4.44. The summed E-state index contributed by atoms with van der Waals surface area (Å²) < 4.78 is 5.24. The summed E-state index contributed by atoms with van der Waals surface area (Å²) in [5.41, 5.74) is 1.35. The van der Waals surface area contributed by atoms with E-state index in [2.05, 4.69) is 10.6 Å². The molecule has 1 aromatic carbocycles. The number of nitrogens with zero attached hydrogens (tertiary/aromatic N) is 2. The number of β-amino-alcohol motifs (C(OH)–C–C–N with tert-alkyl or cyclic N) is 1. The number of nitrogens with one attached hydrogen (secondary N) is 2. The number of hydrogen-bond donors (Lipinski definition) is 3. The summed E-state index contributed by atoms with van der Waals surface area (Å²) >= 11 is 0. The number of para-hydroxylation sites is 1. The maximum absolute atomic E-state index is 12.3. The highest BCUT2D eigenvalue weighted by Crippen LogP contribution is 2.34. The van der Waals surface area contributed by atoms with Crippen LogP contribution in [0.1, 0.15) is 11.6 Å². The quantitative estimate of drug-likeness (QED) is 0.547. The van der Waals surface area contributed by atoms with Gasteiger partial charge < -0.3 is 25.4 Å². The molecule has 3 rings (SSSR count). The molecule has 27 heavy (non-hydrogen) atoms. The average Bonchev–Trinajstić information content (AvgIpc) is 2.92. The van der Waals surface area contributed by atoms with Crippen LogP contribution in [-0.4, -0.2) is 80.3 Å². The van der Waals surface area contributed by atoms with E-state index in [1.54, 1.807) is 31.3 Å². The molecule has 2 aliphatic rings. The number of fused-ring (bicyclic) bond motifs is 1. The minimum Gasteiger partial charge on any atom is -0.390 e. The zero-order valence-corrected chi connectivity index (χ0v) is 15.2. The van der Waals surface area contributed by atoms with Crippen LogP contribution in [0, 0.1) is 0 Å². The van der Waals surface area contributed by atoms with Gasteiger partial charge in [0.25, 0.3) is 5.91 Å². The van der Waals surface area contributed by atoms with Crippen molar-refractivity contribution in [1.82, 2.24) is 15.5 Å². The number of aliphatic hydroxyl groups excluding tert-OH is 1. The number of benzene rings is 1. The fourth-order valence-corrected chi connectivity index (χ4v) is 3.26. The second kappa shape index (κ2) is 8.47. The van der Waals surface area contributed by atoms with Gasteiger partial charge in [-0.3, -0.25) is 19.3 Å². The molecule has 0 aromatic heterocycles. The standard InChI is InChI=1S/C18H24N4O5/c1-21-14-5-3-2-4-13(14)15(18(21)26)20-17(25)16(24)19-10-12(23)11-22-6-8-27-9-7-22/h2-5,12,15,23H,6-11H2,1H3,(H,19,24)(H,20,25)/t12-,15-/m0/s1. The highest BCUT2D eigenvalue weighted by atomic mass is 16.5. The first-order chi connectivity index (χ1) is 13.0. The second-order valence-corrected chi connectivity index (χ2v) is 6.64. The molecule has 3 amide bonds. The lowest BCUT2D eigenvalue weighted by Gasteiger charge is -2.28. The summed E-state index contributed by atoms with van der Waals surface area (Å²) in [6.45, 7) is 3.04. The number of anilines is 1. The molecular formula is C18H24N4O5. The number of ether oxygens (including phenoxy) is 1. The van der Waals surface area contributed by atoms with Gasteiger partial charge in [0, 0.05) is 44.5 Å². The third-order valence-corrected chi connectivity index (χ3v) is 4.74. The van der Waals surface area contributed by atoms with Gasteiger partial charge in [0.05, 0.1) is 19.3 Å². The molecule has 0 aliphatic carbocycles. The summed E-state index contributed by atoms with van der Waals surface area (Å²) in [6, 6.07) is 6.21. The van der Waals surface area contributed by atoms with Crippen LogP contribution in [-0.2, 0) is 19.1 Å². The van der Waals surface area contributed by atoms with Crippen molar-refractivity contribution >= 4 is 23.4 Å². The predicted molar refractivity (Wildman–Crippen MR) is 97.0 cm³/mol. The molecule has 9 nitrogen and oxygen atoms in total. The van der Waals surface area contributed by atoms with Gasteiger partial charge in [-0.2, -0.15) is 0 Å². The summed E-state index contributed by atoms with van der Waals surface area (Å²) in [6.07, 6.45) is -0.792. The number of rotatable bonds is 5. The Morgan fingerprint density at radius 2 is 1.96 bits per heavy atom. The number of carbonyl (C=O) groups is 3. The van der Waals surface area contributed by atoms with Crippen molar-refractivity contribution in [3.63, 3.8) is 0 Å². The fraction of sp³-hybridized carbons (Fsp3) is 0.500. The van der Waals surface area contributed by atoms with Crippen LogP contribution in [0.3, 0.4) is 0 Å². The minimum atomic E-state index is -0.906. The normalized spacial score (nSPS) is 20.9. The van der Waals surface area contributed by atoms with E-state index in [4.69, 9.17) is 4.74 Å². The number of aliphatic hydroxyl groups is 1. The highest BCUT2D eigenvalue weighted by Gasteiger charge is 2.36. The Morgan fingerprint density at radius 1 is 1.26 bits per heavy atom. The van der Waals surface area contributed by atoms with Gasteiger partial charge in [-0.25, -0.2) is 0 Å². The Labute approximate surface area is 157 Å². The molecule has 2 atom stereocenters. The molecule has 1 saturated heterocycles. The van der Waals surface area contributed by atoms with Gasteiger partial charge in [-0.15, -0.1) is 0 Å². The molecule has 9 heteroatoms. The highest BCUT2D eigenvalue weighted by molar-refractivity contribution is 6.35. The van der Waals surface area contributed by atoms with E-state index in [0.29, 0.717) is 31.0 Å². The Balaban J connectivity index is 1.49. The average molecular weight is 376 g/mol. The molecule has 0 spiro atoms. The molecule has 146 valence electrons. The van der Waals surface area contributed by atoms with Crippen molar-refractivity contribution in [2.24, 2.45) is 0 Å². The number of morpholine rings is 1. The summed E-state index contributed by atoms with van der Waals surface area (Å²) in [5, 5.41) is 14.9. The Bertz CT molecular complexity index is 719. The molecule has 1 fully saturated rings. The molecule has 2 aliphatic heterocycles. The molecule has 0 unspecified atom stereocenters. The molecular weight excluding hydrogens is 352 g/mol. The second-order valence-electron chi connectivity index (χ2n) is 6.64. The number of amides is 3. The molecule has 0 saturated carbocycles. The monoisotopic (exact) mass is 376 g/mol. The van der Waals surface area contributed by atoms with Crippen LogP contribution in [0.4, 0.5) is 5.69 Å². The SMILES string of the molecule is CN1C(=O)[C@@H](NC(=O)C(=O)NC[C@H](O)CN2CCOCC2)c2ccccc21. The maximum atomic E-state index is 12.3. The van der Waals surface area contributed by atoms with E-state index in [1.165, 1.54) is 4.90 Å². The largest absolute Gasteiger partial charge is 0.390 e. The van der Waals surface area contributed by atoms with Crippen LogP contribution < -0.4 is 15.5 Å². The van der Waals surface area contributed by atoms with Crippen LogP contribution in [0.2, 0.25) is 0 Å². The van der Waals surface area contributed by atoms with Crippen molar-refractivity contribution in [2.45, 2.75) is 12.1 Å². The van der Waals surface area contributed by atoms with Crippen molar-refractivity contribution in [2.75, 3.05) is 51.3 Å². The zero-order chi connectivity index (χ0) is 19.4. The lowest BCUT2D eigenvalue weighted by Crippen LogP contribution is -2.48. The Hall–Kier alpha value is -2.49. The van der Waals surface area contributed by atoms with Crippen LogP contribution in [0.5, 0.6) is 0 Å². The van der Waals surface area contributed by atoms with Gasteiger partial charge >= 0.3 is 11.8 Å². The first-order valence-electron chi connectivity index (χ1n) is 8.90. The van der Waals surface area contributed by atoms with Crippen molar-refractivity contribution in [1.29, 1.82) is 0 Å². The topological polar surface area (TPSA) is 111 Å². The molecule has 3 N–H and O–H groups in total. The van der Waals surface area contributed by atoms with Crippen molar-refractivity contribution < 1.29 is 24.2 Å². The minimum absolute atomic E-state index is 0.0429. The number of carbonyl (C=O) groups excluding carboxylic acids is 3. The smallest absolute Gasteiger partial charge is 0.310 e. The Morgan fingerprint density at radius 3 is 2.70 bits per heavy atom. The van der Waals surface area contributed by atoms with E-state index in [1.807, 2.05) is 4.90 Å². The number of hydrogen-bond acceptors (Lipinski definition) is 6. The van der Waals surface area contributed by atoms with Crippen LogP contribution in [0.25, 0.3) is 0 Å². The first-order valence-corrected chi connectivity index (χ1v) is 8.90. The van der Waals surface area contributed by atoms with E-state index in [-0.39, 0.29) is 12.5 Å². The molecule has 0 radical (unpaired) electrons. The molecule has 1 aromatic rings. The summed E-state index contributed by atoms with van der Waals surface area (Å²) in [4.78, 5) is 40.0. The molecule has 2 heterocycles. The summed E-state index contributed by atoms with van der Waals surface area (Å²) in [7, 11) is 1.62. The maximum Gasteiger partial charge on any atom is 0.310 e. The first kappa shape index (κ1) is 19.3. The zero-order valence-electron chi connectivity index (χ0n) is 15.2. The lowest BCUT2D eigenvalue weighted by molar-refractivity contribution is -0.140. The Kier molecular flexibility index (Phi) is 6.04.